The Balaban J connectivity index is 1.63. The van der Waals surface area contributed by atoms with Gasteiger partial charge in [-0.3, -0.25) is 0 Å². The molecule has 0 N–H and O–H groups in total. The standard InChI is InChI=1S/C22H21N3S/c1-24-21(13-23)20-12-17(14-26-15-20)7-6-16-10-18-4-2-8-25-9-3-5-19(11-16)22(18)25/h6-7,10-12H,2-5,8-9,14-15H2/b7-6+,21-20-. The summed E-state index contributed by atoms with van der Waals surface area (Å²) in [5, 5.41) is 9.09. The monoisotopic (exact) mass is 359 g/mol. The van der Waals surface area contributed by atoms with Crippen molar-refractivity contribution in [1.82, 2.24) is 0 Å². The van der Waals surface area contributed by atoms with E-state index in [4.69, 9.17) is 11.8 Å². The lowest BCUT2D eigenvalue weighted by molar-refractivity contribution is 0.634. The number of hydrogen-bond donors (Lipinski definition) is 0. The van der Waals surface area contributed by atoms with Gasteiger partial charge in [0.25, 0.3) is 5.70 Å². The molecule has 0 spiro atoms. The maximum atomic E-state index is 9.09. The van der Waals surface area contributed by atoms with E-state index in [9.17, 15) is 0 Å². The fourth-order valence-corrected chi connectivity index (χ4v) is 5.07. The summed E-state index contributed by atoms with van der Waals surface area (Å²) in [6, 6.07) is 6.71. The fraction of sp³-hybridized carbons (Fsp3) is 0.364. The van der Waals surface area contributed by atoms with Gasteiger partial charge in [-0.25, -0.2) is 10.1 Å². The zero-order chi connectivity index (χ0) is 17.9. The molecule has 0 unspecified atom stereocenters. The van der Waals surface area contributed by atoms with Crippen molar-refractivity contribution < 1.29 is 0 Å². The Kier molecular flexibility index (Phi) is 4.87. The maximum absolute atomic E-state index is 9.09. The van der Waals surface area contributed by atoms with Crippen LogP contribution in [-0.4, -0.2) is 24.6 Å². The minimum absolute atomic E-state index is 0.224. The SMILES string of the molecule is [C-]#[N+]/C(C#N)=C1C=C(/C=C/c2cc3c4c(c2)CCCN4CCC3)CSC/1. The molecule has 0 bridgehead atoms. The molecule has 4 heteroatoms. The first-order valence-electron chi connectivity index (χ1n) is 9.16. The van der Waals surface area contributed by atoms with Gasteiger partial charge in [0, 0.05) is 30.3 Å². The predicted molar refractivity (Wildman–Crippen MR) is 109 cm³/mol. The number of aryl methyl sites for hydroxylation is 2. The lowest BCUT2D eigenvalue weighted by atomic mass is 9.90. The van der Waals surface area contributed by atoms with Crippen LogP contribution < -0.4 is 4.90 Å². The minimum Gasteiger partial charge on any atom is -0.371 e. The Hall–Kier alpha value is -2.43. The van der Waals surface area contributed by atoms with Crippen molar-refractivity contribution in [3.8, 4) is 6.07 Å². The van der Waals surface area contributed by atoms with E-state index in [0.29, 0.717) is 0 Å². The molecule has 1 aromatic carbocycles. The van der Waals surface area contributed by atoms with Crippen LogP contribution in [0.15, 0.2) is 41.1 Å². The Morgan fingerprint density at radius 1 is 1.15 bits per heavy atom. The van der Waals surface area contributed by atoms with Gasteiger partial charge in [0.1, 0.15) is 0 Å². The Bertz CT molecular complexity index is 861. The van der Waals surface area contributed by atoms with Gasteiger partial charge in [0.05, 0.1) is 12.6 Å². The second-order valence-corrected chi connectivity index (χ2v) is 8.01. The van der Waals surface area contributed by atoms with Crippen molar-refractivity contribution in [1.29, 1.82) is 5.26 Å². The average molecular weight is 359 g/mol. The van der Waals surface area contributed by atoms with Crippen LogP contribution >= 0.6 is 11.8 Å². The molecule has 3 heterocycles. The van der Waals surface area contributed by atoms with Crippen LogP contribution in [0.3, 0.4) is 0 Å². The molecule has 26 heavy (non-hydrogen) atoms. The molecule has 3 nitrogen and oxygen atoms in total. The zero-order valence-electron chi connectivity index (χ0n) is 14.8. The number of nitrogens with zero attached hydrogens (tertiary/aromatic N) is 3. The van der Waals surface area contributed by atoms with Gasteiger partial charge in [-0.15, -0.1) is 0 Å². The number of anilines is 1. The van der Waals surface area contributed by atoms with Crippen LogP contribution in [-0.2, 0) is 12.8 Å². The largest absolute Gasteiger partial charge is 0.371 e. The number of nitriles is 1. The number of hydrogen-bond acceptors (Lipinski definition) is 3. The smallest absolute Gasteiger partial charge is 0.265 e. The zero-order valence-corrected chi connectivity index (χ0v) is 15.6. The highest BCUT2D eigenvalue weighted by Crippen LogP contribution is 2.36. The molecule has 1 aromatic rings. The van der Waals surface area contributed by atoms with Crippen LogP contribution in [0.4, 0.5) is 5.69 Å². The van der Waals surface area contributed by atoms with Crippen LogP contribution in [0, 0.1) is 17.9 Å². The third-order valence-corrected chi connectivity index (χ3v) is 6.30. The molecule has 0 saturated heterocycles. The predicted octanol–water partition coefficient (Wildman–Crippen LogP) is 4.77. The van der Waals surface area contributed by atoms with Crippen molar-refractivity contribution in [2.45, 2.75) is 25.7 Å². The van der Waals surface area contributed by atoms with Crippen LogP contribution in [0.1, 0.15) is 29.5 Å². The lowest BCUT2D eigenvalue weighted by Gasteiger charge is -2.37. The first-order valence-corrected chi connectivity index (χ1v) is 10.3. The van der Waals surface area contributed by atoms with E-state index >= 15 is 0 Å². The summed E-state index contributed by atoms with van der Waals surface area (Å²) >= 11 is 1.77. The summed E-state index contributed by atoms with van der Waals surface area (Å²) in [5.74, 6) is 1.68. The van der Waals surface area contributed by atoms with Gasteiger partial charge in [-0.2, -0.15) is 11.8 Å². The van der Waals surface area contributed by atoms with E-state index in [-0.39, 0.29) is 5.70 Å². The van der Waals surface area contributed by atoms with E-state index < -0.39 is 0 Å². The van der Waals surface area contributed by atoms with E-state index in [1.165, 1.54) is 66.7 Å². The highest BCUT2D eigenvalue weighted by atomic mass is 32.2. The Morgan fingerprint density at radius 2 is 1.88 bits per heavy atom. The van der Waals surface area contributed by atoms with Gasteiger partial charge in [-0.05, 0) is 65.7 Å². The van der Waals surface area contributed by atoms with Crippen LogP contribution in [0.5, 0.6) is 0 Å². The molecule has 0 atom stereocenters. The number of allylic oxidation sites excluding steroid dienone is 3. The topological polar surface area (TPSA) is 31.4 Å². The summed E-state index contributed by atoms with van der Waals surface area (Å²) in [6.45, 7) is 9.55. The highest BCUT2D eigenvalue weighted by Gasteiger charge is 2.23. The van der Waals surface area contributed by atoms with Crippen molar-refractivity contribution in [2.24, 2.45) is 0 Å². The summed E-state index contributed by atoms with van der Waals surface area (Å²) < 4.78 is 0. The third-order valence-electron chi connectivity index (χ3n) is 5.25. The van der Waals surface area contributed by atoms with Gasteiger partial charge in [-0.1, -0.05) is 18.2 Å². The minimum atomic E-state index is 0.224. The lowest BCUT2D eigenvalue weighted by Crippen LogP contribution is -2.34. The summed E-state index contributed by atoms with van der Waals surface area (Å²) in [6.07, 6.45) is 11.2. The molecule has 0 fully saturated rings. The van der Waals surface area contributed by atoms with Crippen molar-refractivity contribution in [3.63, 3.8) is 0 Å². The van der Waals surface area contributed by atoms with Gasteiger partial charge in [0.15, 0.2) is 0 Å². The summed E-state index contributed by atoms with van der Waals surface area (Å²) in [5.41, 5.74) is 8.04. The molecule has 0 amide bonds. The Morgan fingerprint density at radius 3 is 2.54 bits per heavy atom. The van der Waals surface area contributed by atoms with Crippen molar-refractivity contribution in [2.75, 3.05) is 29.5 Å². The van der Waals surface area contributed by atoms with E-state index in [0.717, 1.165) is 17.1 Å². The molecule has 3 aliphatic heterocycles. The van der Waals surface area contributed by atoms with Gasteiger partial charge in [0.2, 0.25) is 0 Å². The molecular weight excluding hydrogens is 338 g/mol. The molecular formula is C22H21N3S. The van der Waals surface area contributed by atoms with Crippen LogP contribution in [0.2, 0.25) is 0 Å². The molecule has 0 saturated carbocycles. The normalized spacial score (nSPS) is 20.8. The molecule has 0 radical (unpaired) electrons. The van der Waals surface area contributed by atoms with Crippen LogP contribution in [0.25, 0.3) is 10.9 Å². The molecule has 130 valence electrons. The number of benzene rings is 1. The molecule has 0 aromatic heterocycles. The second-order valence-electron chi connectivity index (χ2n) is 7.02. The highest BCUT2D eigenvalue weighted by molar-refractivity contribution is 7.99. The van der Waals surface area contributed by atoms with E-state index in [1.807, 2.05) is 12.1 Å². The van der Waals surface area contributed by atoms with Gasteiger partial charge >= 0.3 is 0 Å². The Labute approximate surface area is 159 Å². The fourth-order valence-electron chi connectivity index (χ4n) is 4.12. The summed E-state index contributed by atoms with van der Waals surface area (Å²) in [7, 11) is 0. The average Bonchev–Trinajstić information content (AvgIpc) is 2.68. The first kappa shape index (κ1) is 17.0. The van der Waals surface area contributed by atoms with Crippen molar-refractivity contribution >= 4 is 23.5 Å². The molecule has 3 aliphatic rings. The van der Waals surface area contributed by atoms with Gasteiger partial charge < -0.3 is 4.90 Å². The third kappa shape index (κ3) is 3.30. The number of thioether (sulfide) groups is 1. The second kappa shape index (κ2) is 7.44. The molecule has 4 rings (SSSR count). The quantitative estimate of drug-likeness (QED) is 0.563. The van der Waals surface area contributed by atoms with E-state index in [1.54, 1.807) is 11.8 Å². The number of rotatable bonds is 2. The van der Waals surface area contributed by atoms with E-state index in [2.05, 4.69) is 34.0 Å². The maximum Gasteiger partial charge on any atom is 0.265 e. The molecule has 0 aliphatic carbocycles. The first-order chi connectivity index (χ1) is 12.8. The van der Waals surface area contributed by atoms with Crippen molar-refractivity contribution in [3.05, 3.63) is 69.2 Å². The summed E-state index contributed by atoms with van der Waals surface area (Å²) in [4.78, 5) is 5.91.